The van der Waals surface area contributed by atoms with E-state index in [4.69, 9.17) is 9.47 Å². The molecule has 1 N–H and O–H groups in total. The third-order valence-corrected chi connectivity index (χ3v) is 5.64. The molecule has 2 rings (SSSR count). The highest BCUT2D eigenvalue weighted by Gasteiger charge is 2.28. The van der Waals surface area contributed by atoms with Gasteiger partial charge in [-0.15, -0.1) is 0 Å². The average Bonchev–Trinajstić information content (AvgIpc) is 2.83. The summed E-state index contributed by atoms with van der Waals surface area (Å²) < 4.78 is 11.0. The first kappa shape index (κ1) is 26.2. The molecule has 33 heavy (non-hydrogen) atoms. The molecule has 6 heteroatoms. The van der Waals surface area contributed by atoms with Crippen LogP contribution >= 0.6 is 0 Å². The Morgan fingerprint density at radius 2 is 1.61 bits per heavy atom. The molecule has 180 valence electrons. The maximum atomic E-state index is 13.3. The Morgan fingerprint density at radius 1 is 0.970 bits per heavy atom. The molecule has 0 saturated heterocycles. The zero-order valence-electron chi connectivity index (χ0n) is 20.6. The van der Waals surface area contributed by atoms with Crippen molar-refractivity contribution in [3.63, 3.8) is 0 Å². The van der Waals surface area contributed by atoms with Crippen molar-refractivity contribution in [1.29, 1.82) is 0 Å². The highest BCUT2D eigenvalue weighted by atomic mass is 16.5. The summed E-state index contributed by atoms with van der Waals surface area (Å²) in [6.07, 6.45) is 2.42. The number of amides is 2. The van der Waals surface area contributed by atoms with Gasteiger partial charge in [0.15, 0.2) is 6.61 Å². The van der Waals surface area contributed by atoms with Crippen LogP contribution in [0.25, 0.3) is 0 Å². The molecular weight excluding hydrogens is 416 g/mol. The van der Waals surface area contributed by atoms with Crippen molar-refractivity contribution in [2.45, 2.75) is 65.5 Å². The molecule has 0 bridgehead atoms. The summed E-state index contributed by atoms with van der Waals surface area (Å²) in [4.78, 5) is 27.8. The number of nitrogens with zero attached hydrogens (tertiary/aromatic N) is 1. The highest BCUT2D eigenvalue weighted by molar-refractivity contribution is 5.88. The second kappa shape index (κ2) is 13.5. The van der Waals surface area contributed by atoms with E-state index in [1.54, 1.807) is 12.0 Å². The Kier molecular flexibility index (Phi) is 10.7. The number of carbonyl (C=O) groups is 2. The lowest BCUT2D eigenvalue weighted by Crippen LogP contribution is -2.50. The second-order valence-corrected chi connectivity index (χ2v) is 8.45. The molecule has 1 unspecified atom stereocenters. The van der Waals surface area contributed by atoms with Gasteiger partial charge >= 0.3 is 0 Å². The first-order valence-electron chi connectivity index (χ1n) is 11.8. The molecule has 2 aromatic carbocycles. The summed E-state index contributed by atoms with van der Waals surface area (Å²) in [5.74, 6) is 1.45. The van der Waals surface area contributed by atoms with E-state index in [1.807, 2.05) is 55.5 Å². The number of unbranched alkanes of at least 4 members (excludes halogenated alkanes) is 1. The molecule has 0 heterocycles. The molecule has 0 spiro atoms. The second-order valence-electron chi connectivity index (χ2n) is 8.45. The molecular formula is C27H38N2O4. The Morgan fingerprint density at radius 3 is 2.15 bits per heavy atom. The van der Waals surface area contributed by atoms with Gasteiger partial charge in [0.25, 0.3) is 5.91 Å². The topological polar surface area (TPSA) is 67.9 Å². The standard InChI is InChI=1S/C27H38N2O4/c1-6-8-17-28-27(31)25(7-2)29(18-21-9-13-23(32-5)14-10-21)26(30)19-33-24-15-11-22(12-16-24)20(3)4/h9-16,20,25H,6-8,17-19H2,1-5H3,(H,28,31). The van der Waals surface area contributed by atoms with Crippen LogP contribution in [0.1, 0.15) is 64.0 Å². The van der Waals surface area contributed by atoms with Gasteiger partial charge in [0.1, 0.15) is 17.5 Å². The fraction of sp³-hybridized carbons (Fsp3) is 0.481. The molecule has 0 fully saturated rings. The lowest BCUT2D eigenvalue weighted by molar-refractivity contribution is -0.143. The third kappa shape index (κ3) is 8.12. The number of nitrogens with one attached hydrogen (secondary N) is 1. The minimum Gasteiger partial charge on any atom is -0.497 e. The Bertz CT molecular complexity index is 863. The first-order chi connectivity index (χ1) is 15.9. The predicted molar refractivity (Wildman–Crippen MR) is 132 cm³/mol. The van der Waals surface area contributed by atoms with Crippen LogP contribution in [0, 0.1) is 0 Å². The Balaban J connectivity index is 2.15. The molecule has 0 aromatic heterocycles. The summed E-state index contributed by atoms with van der Waals surface area (Å²) in [5, 5.41) is 2.97. The van der Waals surface area contributed by atoms with Crippen LogP contribution in [0.2, 0.25) is 0 Å². The maximum absolute atomic E-state index is 13.3. The normalized spacial score (nSPS) is 11.7. The van der Waals surface area contributed by atoms with E-state index in [0.717, 1.165) is 24.2 Å². The number of rotatable bonds is 13. The van der Waals surface area contributed by atoms with E-state index in [-0.39, 0.29) is 18.4 Å². The van der Waals surface area contributed by atoms with Crippen molar-refractivity contribution in [1.82, 2.24) is 10.2 Å². The van der Waals surface area contributed by atoms with Crippen LogP contribution in [-0.2, 0) is 16.1 Å². The molecule has 0 aliphatic heterocycles. The number of benzene rings is 2. The molecule has 2 aromatic rings. The van der Waals surface area contributed by atoms with Crippen molar-refractivity contribution in [2.75, 3.05) is 20.3 Å². The lowest BCUT2D eigenvalue weighted by atomic mass is 10.0. The summed E-state index contributed by atoms with van der Waals surface area (Å²) in [6.45, 7) is 9.06. The van der Waals surface area contributed by atoms with E-state index in [0.29, 0.717) is 31.2 Å². The van der Waals surface area contributed by atoms with E-state index < -0.39 is 6.04 Å². The maximum Gasteiger partial charge on any atom is 0.261 e. The number of hydrogen-bond acceptors (Lipinski definition) is 4. The smallest absolute Gasteiger partial charge is 0.261 e. The van der Waals surface area contributed by atoms with Crippen LogP contribution in [0.4, 0.5) is 0 Å². The lowest BCUT2D eigenvalue weighted by Gasteiger charge is -2.30. The highest BCUT2D eigenvalue weighted by Crippen LogP contribution is 2.20. The number of carbonyl (C=O) groups excluding carboxylic acids is 2. The number of hydrogen-bond donors (Lipinski definition) is 1. The monoisotopic (exact) mass is 454 g/mol. The zero-order chi connectivity index (χ0) is 24.2. The number of methoxy groups -OCH3 is 1. The molecule has 2 amide bonds. The van der Waals surface area contributed by atoms with Gasteiger partial charge in [-0.3, -0.25) is 9.59 Å². The predicted octanol–water partition coefficient (Wildman–Crippen LogP) is 4.92. The van der Waals surface area contributed by atoms with Gasteiger partial charge in [0.05, 0.1) is 7.11 Å². The van der Waals surface area contributed by atoms with Crippen molar-refractivity contribution in [3.8, 4) is 11.5 Å². The minimum atomic E-state index is -0.566. The van der Waals surface area contributed by atoms with Crippen molar-refractivity contribution in [2.24, 2.45) is 0 Å². The molecule has 1 atom stereocenters. The van der Waals surface area contributed by atoms with Gasteiger partial charge in [-0.25, -0.2) is 0 Å². The minimum absolute atomic E-state index is 0.129. The molecule has 0 saturated carbocycles. The quantitative estimate of drug-likeness (QED) is 0.436. The van der Waals surface area contributed by atoms with E-state index in [1.165, 1.54) is 5.56 Å². The Labute approximate surface area is 198 Å². The van der Waals surface area contributed by atoms with Gasteiger partial charge in [-0.2, -0.15) is 0 Å². The molecule has 0 aliphatic carbocycles. The molecule has 6 nitrogen and oxygen atoms in total. The summed E-state index contributed by atoms with van der Waals surface area (Å²) >= 11 is 0. The SMILES string of the molecule is CCCCNC(=O)C(CC)N(Cc1ccc(OC)cc1)C(=O)COc1ccc(C(C)C)cc1. The third-order valence-electron chi connectivity index (χ3n) is 5.64. The number of ether oxygens (including phenoxy) is 2. The van der Waals surface area contributed by atoms with Crippen LogP contribution in [0.15, 0.2) is 48.5 Å². The first-order valence-corrected chi connectivity index (χ1v) is 11.8. The van der Waals surface area contributed by atoms with E-state index >= 15 is 0 Å². The van der Waals surface area contributed by atoms with Crippen LogP contribution < -0.4 is 14.8 Å². The van der Waals surface area contributed by atoms with E-state index in [9.17, 15) is 9.59 Å². The summed E-state index contributed by atoms with van der Waals surface area (Å²) in [5.41, 5.74) is 2.13. The summed E-state index contributed by atoms with van der Waals surface area (Å²) in [7, 11) is 1.61. The van der Waals surface area contributed by atoms with Gasteiger partial charge < -0.3 is 19.7 Å². The largest absolute Gasteiger partial charge is 0.497 e. The molecule has 0 radical (unpaired) electrons. The van der Waals surface area contributed by atoms with Gasteiger partial charge in [-0.05, 0) is 54.2 Å². The Hall–Kier alpha value is -3.02. The van der Waals surface area contributed by atoms with Crippen molar-refractivity contribution >= 4 is 11.8 Å². The van der Waals surface area contributed by atoms with Crippen LogP contribution in [0.5, 0.6) is 11.5 Å². The van der Waals surface area contributed by atoms with Crippen LogP contribution in [0.3, 0.4) is 0 Å². The van der Waals surface area contributed by atoms with Gasteiger partial charge in [0, 0.05) is 13.1 Å². The zero-order valence-corrected chi connectivity index (χ0v) is 20.6. The fourth-order valence-electron chi connectivity index (χ4n) is 3.53. The summed E-state index contributed by atoms with van der Waals surface area (Å²) in [6, 6.07) is 14.7. The van der Waals surface area contributed by atoms with Crippen LogP contribution in [-0.4, -0.2) is 43.0 Å². The van der Waals surface area contributed by atoms with E-state index in [2.05, 4.69) is 26.1 Å². The molecule has 0 aliphatic rings. The van der Waals surface area contributed by atoms with Crippen molar-refractivity contribution in [3.05, 3.63) is 59.7 Å². The van der Waals surface area contributed by atoms with Crippen molar-refractivity contribution < 1.29 is 19.1 Å². The average molecular weight is 455 g/mol. The van der Waals surface area contributed by atoms with Gasteiger partial charge in [0.2, 0.25) is 5.91 Å². The fourth-order valence-corrected chi connectivity index (χ4v) is 3.53. The van der Waals surface area contributed by atoms with Gasteiger partial charge in [-0.1, -0.05) is 58.4 Å².